The van der Waals surface area contributed by atoms with Crippen molar-refractivity contribution < 1.29 is 9.53 Å². The smallest absolute Gasteiger partial charge is 0.259 e. The molecule has 1 aromatic carbocycles. The van der Waals surface area contributed by atoms with E-state index in [1.54, 1.807) is 17.5 Å². The fraction of sp³-hybridized carbons (Fsp3) is 0.333. The Morgan fingerprint density at radius 3 is 2.87 bits per heavy atom. The van der Waals surface area contributed by atoms with E-state index in [-0.39, 0.29) is 5.91 Å². The monoisotopic (exact) mass is 421 g/mol. The number of anilines is 2. The fourth-order valence-corrected chi connectivity index (χ4v) is 5.23. The van der Waals surface area contributed by atoms with Gasteiger partial charge in [-0.15, -0.1) is 11.3 Å². The topological polar surface area (TPSA) is 63.2 Å². The van der Waals surface area contributed by atoms with E-state index in [9.17, 15) is 4.79 Å². The third-order valence-corrected chi connectivity index (χ3v) is 6.54. The highest BCUT2D eigenvalue weighted by Gasteiger charge is 2.28. The molecule has 0 fully saturated rings. The maximum atomic E-state index is 13.4. The highest BCUT2D eigenvalue weighted by atomic mass is 32.1. The molecular weight excluding hydrogens is 394 g/mol. The molecule has 0 aliphatic heterocycles. The average Bonchev–Trinajstić information content (AvgIpc) is 3.12. The summed E-state index contributed by atoms with van der Waals surface area (Å²) in [4.78, 5) is 19.1. The molecule has 2 N–H and O–H groups in total. The van der Waals surface area contributed by atoms with Gasteiger partial charge >= 0.3 is 0 Å². The number of para-hydroxylation sites is 2. The minimum Gasteiger partial charge on any atom is -0.492 e. The third-order valence-electron chi connectivity index (χ3n) is 5.33. The summed E-state index contributed by atoms with van der Waals surface area (Å²) in [6.45, 7) is 5.36. The second kappa shape index (κ2) is 9.30. The Kier molecular flexibility index (Phi) is 6.33. The number of amides is 1. The van der Waals surface area contributed by atoms with Gasteiger partial charge in [-0.2, -0.15) is 0 Å². The van der Waals surface area contributed by atoms with Gasteiger partial charge in [0.15, 0.2) is 0 Å². The molecule has 30 heavy (non-hydrogen) atoms. The molecule has 1 amide bonds. The number of hydrogen-bond acceptors (Lipinski definition) is 5. The van der Waals surface area contributed by atoms with Crippen LogP contribution in [0.3, 0.4) is 0 Å². The molecule has 0 unspecified atom stereocenters. The number of fused-ring (bicyclic) bond motifs is 1. The standard InChI is InChI=1S/C24H27N3O2S/c1-3-29-20-10-5-4-9-19(20)27-23(28)22-18-12-11-16(2)14-21(18)30-24(22)26-15-17-8-6-7-13-25-17/h4-10,13,16,26H,3,11-12,14-15H2,1-2H3,(H,27,28)/t16-/m0/s1. The summed E-state index contributed by atoms with van der Waals surface area (Å²) in [5.41, 5.74) is 3.60. The van der Waals surface area contributed by atoms with Crippen molar-refractivity contribution in [2.75, 3.05) is 17.2 Å². The summed E-state index contributed by atoms with van der Waals surface area (Å²) in [5, 5.41) is 7.48. The van der Waals surface area contributed by atoms with E-state index in [2.05, 4.69) is 22.5 Å². The third kappa shape index (κ3) is 4.49. The van der Waals surface area contributed by atoms with Crippen molar-refractivity contribution in [3.63, 3.8) is 0 Å². The summed E-state index contributed by atoms with van der Waals surface area (Å²) in [5.74, 6) is 1.25. The summed E-state index contributed by atoms with van der Waals surface area (Å²) >= 11 is 1.71. The molecular formula is C24H27N3O2S. The molecule has 4 rings (SSSR count). The highest BCUT2D eigenvalue weighted by molar-refractivity contribution is 7.16. The number of nitrogens with one attached hydrogen (secondary N) is 2. The molecule has 0 saturated heterocycles. The molecule has 0 radical (unpaired) electrons. The number of hydrogen-bond donors (Lipinski definition) is 2. The first kappa shape index (κ1) is 20.4. The number of pyridine rings is 1. The van der Waals surface area contributed by atoms with Crippen molar-refractivity contribution in [2.24, 2.45) is 5.92 Å². The largest absolute Gasteiger partial charge is 0.492 e. The Balaban J connectivity index is 1.63. The molecule has 6 heteroatoms. The average molecular weight is 422 g/mol. The summed E-state index contributed by atoms with van der Waals surface area (Å²) in [6, 6.07) is 13.4. The van der Waals surface area contributed by atoms with Crippen LogP contribution in [0.15, 0.2) is 48.7 Å². The van der Waals surface area contributed by atoms with Gasteiger partial charge in [0, 0.05) is 11.1 Å². The molecule has 156 valence electrons. The first-order valence-corrected chi connectivity index (χ1v) is 11.3. The fourth-order valence-electron chi connectivity index (χ4n) is 3.83. The van der Waals surface area contributed by atoms with E-state index in [0.717, 1.165) is 35.5 Å². The number of nitrogens with zero attached hydrogens (tertiary/aromatic N) is 1. The van der Waals surface area contributed by atoms with Gasteiger partial charge in [-0.3, -0.25) is 9.78 Å². The van der Waals surface area contributed by atoms with E-state index >= 15 is 0 Å². The van der Waals surface area contributed by atoms with Crippen molar-refractivity contribution in [3.8, 4) is 5.75 Å². The van der Waals surface area contributed by atoms with Crippen LogP contribution in [0.5, 0.6) is 5.75 Å². The lowest BCUT2D eigenvalue weighted by Crippen LogP contribution is -2.18. The molecule has 1 aliphatic carbocycles. The SMILES string of the molecule is CCOc1ccccc1NC(=O)c1c(NCc2ccccn2)sc2c1CC[C@H](C)C2. The number of carbonyl (C=O) groups excluding carboxylic acids is 1. The van der Waals surface area contributed by atoms with Crippen molar-refractivity contribution >= 4 is 27.9 Å². The lowest BCUT2D eigenvalue weighted by Gasteiger charge is -2.19. The number of benzene rings is 1. The van der Waals surface area contributed by atoms with Gasteiger partial charge in [0.05, 0.1) is 30.1 Å². The Morgan fingerprint density at radius 1 is 1.23 bits per heavy atom. The summed E-state index contributed by atoms with van der Waals surface area (Å²) < 4.78 is 5.68. The minimum absolute atomic E-state index is 0.0854. The maximum absolute atomic E-state index is 13.4. The lowest BCUT2D eigenvalue weighted by atomic mass is 9.88. The number of carbonyl (C=O) groups is 1. The van der Waals surface area contributed by atoms with Gasteiger partial charge in [0.1, 0.15) is 10.8 Å². The van der Waals surface area contributed by atoms with E-state index in [4.69, 9.17) is 4.74 Å². The van der Waals surface area contributed by atoms with E-state index in [1.807, 2.05) is 49.4 Å². The zero-order chi connectivity index (χ0) is 20.9. The highest BCUT2D eigenvalue weighted by Crippen LogP contribution is 2.40. The molecule has 1 aliphatic rings. The first-order chi connectivity index (χ1) is 14.7. The van der Waals surface area contributed by atoms with Crippen LogP contribution in [0.4, 0.5) is 10.7 Å². The minimum atomic E-state index is -0.0854. The second-order valence-corrected chi connectivity index (χ2v) is 8.72. The normalized spacial score (nSPS) is 15.3. The second-order valence-electron chi connectivity index (χ2n) is 7.61. The molecule has 2 aromatic heterocycles. The quantitative estimate of drug-likeness (QED) is 0.526. The lowest BCUT2D eigenvalue weighted by molar-refractivity contribution is 0.102. The molecule has 2 heterocycles. The van der Waals surface area contributed by atoms with Crippen molar-refractivity contribution in [1.29, 1.82) is 0 Å². The van der Waals surface area contributed by atoms with Crippen LogP contribution < -0.4 is 15.4 Å². The summed E-state index contributed by atoms with van der Waals surface area (Å²) in [6.07, 6.45) is 4.87. The Labute approximate surface area is 181 Å². The maximum Gasteiger partial charge on any atom is 0.259 e. The predicted octanol–water partition coefficient (Wildman–Crippen LogP) is 5.53. The van der Waals surface area contributed by atoms with Crippen LogP contribution in [0, 0.1) is 5.92 Å². The van der Waals surface area contributed by atoms with Crippen LogP contribution in [0.1, 0.15) is 46.8 Å². The van der Waals surface area contributed by atoms with Gasteiger partial charge in [-0.1, -0.05) is 25.1 Å². The molecule has 0 saturated carbocycles. The zero-order valence-corrected chi connectivity index (χ0v) is 18.2. The molecule has 1 atom stereocenters. The van der Waals surface area contributed by atoms with Crippen molar-refractivity contribution in [1.82, 2.24) is 4.98 Å². The van der Waals surface area contributed by atoms with Gasteiger partial charge < -0.3 is 15.4 Å². The molecule has 3 aromatic rings. The van der Waals surface area contributed by atoms with Crippen LogP contribution >= 0.6 is 11.3 Å². The van der Waals surface area contributed by atoms with Crippen LogP contribution in [-0.2, 0) is 19.4 Å². The predicted molar refractivity (Wildman–Crippen MR) is 123 cm³/mol. The van der Waals surface area contributed by atoms with Crippen molar-refractivity contribution in [3.05, 3.63) is 70.4 Å². The first-order valence-electron chi connectivity index (χ1n) is 10.5. The molecule has 5 nitrogen and oxygen atoms in total. The van der Waals surface area contributed by atoms with E-state index in [1.165, 1.54) is 10.4 Å². The summed E-state index contributed by atoms with van der Waals surface area (Å²) in [7, 11) is 0. The van der Waals surface area contributed by atoms with Crippen LogP contribution in [-0.4, -0.2) is 17.5 Å². The number of aromatic nitrogens is 1. The Bertz CT molecular complexity index is 1020. The van der Waals surface area contributed by atoms with Gasteiger partial charge in [0.2, 0.25) is 0 Å². The van der Waals surface area contributed by atoms with Crippen LogP contribution in [0.2, 0.25) is 0 Å². The van der Waals surface area contributed by atoms with Gasteiger partial charge in [-0.05, 0) is 61.9 Å². The van der Waals surface area contributed by atoms with Crippen molar-refractivity contribution in [2.45, 2.75) is 39.7 Å². The van der Waals surface area contributed by atoms with Crippen LogP contribution in [0.25, 0.3) is 0 Å². The molecule has 0 bridgehead atoms. The van der Waals surface area contributed by atoms with Gasteiger partial charge in [0.25, 0.3) is 5.91 Å². The number of thiophene rings is 1. The van der Waals surface area contributed by atoms with E-state index in [0.29, 0.717) is 30.5 Å². The molecule has 0 spiro atoms. The van der Waals surface area contributed by atoms with E-state index < -0.39 is 0 Å². The number of ether oxygens (including phenoxy) is 1. The zero-order valence-electron chi connectivity index (χ0n) is 17.4. The Morgan fingerprint density at radius 2 is 2.07 bits per heavy atom. The Hall–Kier alpha value is -2.86. The van der Waals surface area contributed by atoms with Gasteiger partial charge in [-0.25, -0.2) is 0 Å². The number of rotatable bonds is 7.